The first-order chi connectivity index (χ1) is 15.1. The van der Waals surface area contributed by atoms with Crippen LogP contribution in [0.4, 0.5) is 0 Å². The molecule has 1 saturated carbocycles. The third kappa shape index (κ3) is 5.60. The van der Waals surface area contributed by atoms with E-state index in [1.54, 1.807) is 13.3 Å². The van der Waals surface area contributed by atoms with Crippen LogP contribution in [0.2, 0.25) is 0 Å². The summed E-state index contributed by atoms with van der Waals surface area (Å²) < 4.78 is 10.9. The van der Waals surface area contributed by atoms with Gasteiger partial charge in [-0.05, 0) is 36.6 Å². The zero-order valence-electron chi connectivity index (χ0n) is 17.2. The van der Waals surface area contributed by atoms with E-state index in [2.05, 4.69) is 15.5 Å². The number of benzene rings is 1. The minimum atomic E-state index is -0.742. The van der Waals surface area contributed by atoms with Crippen LogP contribution in [0.25, 0.3) is 0 Å². The third-order valence-electron chi connectivity index (χ3n) is 5.17. The number of carbonyl (C=O) groups excluding carboxylic acids is 2. The Kier molecular flexibility index (Phi) is 7.60. The number of aromatic amines is 1. The van der Waals surface area contributed by atoms with Gasteiger partial charge in [0.2, 0.25) is 5.91 Å². The highest BCUT2D eigenvalue weighted by atomic mass is 16.5. The van der Waals surface area contributed by atoms with E-state index in [-0.39, 0.29) is 30.9 Å². The number of carboxylic acid groups (broad SMARTS) is 1. The Balaban J connectivity index is 0.000000858. The molecule has 1 aliphatic heterocycles. The summed E-state index contributed by atoms with van der Waals surface area (Å²) in [6.45, 7) is 0.148. The molecule has 10 nitrogen and oxygen atoms in total. The lowest BCUT2D eigenvalue weighted by molar-refractivity contribution is -0.165. The average Bonchev–Trinajstić information content (AvgIpc) is 3.48. The quantitative estimate of drug-likeness (QED) is 0.556. The second-order valence-electron chi connectivity index (χ2n) is 7.21. The Labute approximate surface area is 179 Å². The molecule has 0 unspecified atom stereocenters. The standard InChI is InChI=1S/C20H24N4O4.CH2O2/c1-27-16-6-2-13(3-7-16)18-19(28-12-17(25)24(18)15-4-5-15)20(26)21-10-8-14-9-11-22-23-14;2-1-3/h2-3,6-7,9,11,15,18-19H,4-5,8,10,12H2,1H3,(H,21,26)(H,22,23);1H,(H,2,3)/t18-,19+;/m1./s1. The summed E-state index contributed by atoms with van der Waals surface area (Å²) >= 11 is 0. The topological polar surface area (TPSA) is 134 Å². The van der Waals surface area contributed by atoms with Crippen LogP contribution in [0.15, 0.2) is 36.5 Å². The molecule has 1 aliphatic carbocycles. The van der Waals surface area contributed by atoms with Gasteiger partial charge in [0.25, 0.3) is 12.4 Å². The van der Waals surface area contributed by atoms with Gasteiger partial charge in [0.15, 0.2) is 6.10 Å². The Morgan fingerprint density at radius 2 is 2.06 bits per heavy atom. The Morgan fingerprint density at radius 1 is 1.35 bits per heavy atom. The van der Waals surface area contributed by atoms with E-state index in [0.29, 0.717) is 13.0 Å². The zero-order valence-corrected chi connectivity index (χ0v) is 17.2. The van der Waals surface area contributed by atoms with Crippen LogP contribution < -0.4 is 10.1 Å². The molecule has 10 heteroatoms. The number of rotatable bonds is 7. The van der Waals surface area contributed by atoms with E-state index in [9.17, 15) is 9.59 Å². The lowest BCUT2D eigenvalue weighted by Crippen LogP contribution is -2.55. The number of ether oxygens (including phenoxy) is 2. The number of carbonyl (C=O) groups is 3. The van der Waals surface area contributed by atoms with Gasteiger partial charge in [-0.2, -0.15) is 5.10 Å². The van der Waals surface area contributed by atoms with Crippen LogP contribution in [0, 0.1) is 0 Å². The van der Waals surface area contributed by atoms with Crippen molar-refractivity contribution in [3.8, 4) is 5.75 Å². The van der Waals surface area contributed by atoms with Gasteiger partial charge in [0, 0.05) is 30.9 Å². The second-order valence-corrected chi connectivity index (χ2v) is 7.21. The van der Waals surface area contributed by atoms with E-state index in [1.807, 2.05) is 35.2 Å². The highest BCUT2D eigenvalue weighted by molar-refractivity contribution is 5.86. The number of nitrogens with zero attached hydrogens (tertiary/aromatic N) is 2. The average molecular weight is 430 g/mol. The second kappa shape index (κ2) is 10.6. The van der Waals surface area contributed by atoms with E-state index >= 15 is 0 Å². The van der Waals surface area contributed by atoms with Crippen molar-refractivity contribution in [1.29, 1.82) is 0 Å². The molecule has 1 aromatic carbocycles. The number of morpholine rings is 1. The number of amides is 2. The number of hydrogen-bond acceptors (Lipinski definition) is 6. The molecule has 0 bridgehead atoms. The summed E-state index contributed by atoms with van der Waals surface area (Å²) in [5, 5.41) is 16.6. The number of methoxy groups -OCH3 is 1. The molecule has 0 spiro atoms. The van der Waals surface area contributed by atoms with Gasteiger partial charge >= 0.3 is 0 Å². The van der Waals surface area contributed by atoms with E-state index < -0.39 is 12.1 Å². The first-order valence-corrected chi connectivity index (χ1v) is 9.99. The Hall–Kier alpha value is -3.40. The molecule has 4 rings (SSSR count). The van der Waals surface area contributed by atoms with Crippen molar-refractivity contribution in [1.82, 2.24) is 20.4 Å². The van der Waals surface area contributed by atoms with Gasteiger partial charge in [0.1, 0.15) is 12.4 Å². The molecule has 2 atom stereocenters. The maximum Gasteiger partial charge on any atom is 0.290 e. The van der Waals surface area contributed by atoms with Gasteiger partial charge < -0.3 is 24.8 Å². The maximum absolute atomic E-state index is 12.9. The van der Waals surface area contributed by atoms with Gasteiger partial charge in [0.05, 0.1) is 13.2 Å². The maximum atomic E-state index is 12.9. The summed E-state index contributed by atoms with van der Waals surface area (Å²) in [5.74, 6) is 0.452. The normalized spacial score (nSPS) is 20.4. The molecule has 2 fully saturated rings. The molecule has 1 saturated heterocycles. The van der Waals surface area contributed by atoms with Gasteiger partial charge in [-0.3, -0.25) is 19.5 Å². The van der Waals surface area contributed by atoms with Crippen molar-refractivity contribution in [3.63, 3.8) is 0 Å². The monoisotopic (exact) mass is 430 g/mol. The van der Waals surface area contributed by atoms with Crippen LogP contribution in [0.5, 0.6) is 5.75 Å². The van der Waals surface area contributed by atoms with Crippen LogP contribution in [-0.2, 0) is 25.5 Å². The molecule has 1 aromatic heterocycles. The van der Waals surface area contributed by atoms with Crippen LogP contribution in [-0.4, -0.2) is 70.9 Å². The molecule has 0 radical (unpaired) electrons. The van der Waals surface area contributed by atoms with Crippen molar-refractivity contribution in [2.45, 2.75) is 37.5 Å². The SMILES string of the molecule is COc1ccc([C@@H]2[C@@H](C(=O)NCCc3ccn[nH]3)OCC(=O)N2C2CC2)cc1.O=CO. The molecular weight excluding hydrogens is 404 g/mol. The predicted molar refractivity (Wildman–Crippen MR) is 109 cm³/mol. The summed E-state index contributed by atoms with van der Waals surface area (Å²) in [5.41, 5.74) is 1.82. The molecule has 31 heavy (non-hydrogen) atoms. The van der Waals surface area contributed by atoms with Crippen molar-refractivity contribution < 1.29 is 29.0 Å². The van der Waals surface area contributed by atoms with Crippen molar-refractivity contribution in [2.75, 3.05) is 20.3 Å². The van der Waals surface area contributed by atoms with Crippen LogP contribution in [0.3, 0.4) is 0 Å². The van der Waals surface area contributed by atoms with Crippen molar-refractivity contribution >= 4 is 18.3 Å². The fourth-order valence-corrected chi connectivity index (χ4v) is 3.61. The number of hydrogen-bond donors (Lipinski definition) is 3. The third-order valence-corrected chi connectivity index (χ3v) is 5.17. The fraction of sp³-hybridized carbons (Fsp3) is 0.429. The zero-order chi connectivity index (χ0) is 22.2. The molecule has 2 aromatic rings. The van der Waals surface area contributed by atoms with Gasteiger partial charge in [-0.15, -0.1) is 0 Å². The lowest BCUT2D eigenvalue weighted by Gasteiger charge is -2.40. The fourth-order valence-electron chi connectivity index (χ4n) is 3.61. The van der Waals surface area contributed by atoms with E-state index in [0.717, 1.165) is 29.8 Å². The first kappa shape index (κ1) is 22.3. The van der Waals surface area contributed by atoms with Gasteiger partial charge in [-0.1, -0.05) is 12.1 Å². The van der Waals surface area contributed by atoms with Gasteiger partial charge in [-0.25, -0.2) is 0 Å². The van der Waals surface area contributed by atoms with Crippen LogP contribution in [0.1, 0.15) is 30.1 Å². The van der Waals surface area contributed by atoms with Crippen LogP contribution >= 0.6 is 0 Å². The first-order valence-electron chi connectivity index (χ1n) is 9.99. The summed E-state index contributed by atoms with van der Waals surface area (Å²) in [7, 11) is 1.61. The Morgan fingerprint density at radius 3 is 2.65 bits per heavy atom. The summed E-state index contributed by atoms with van der Waals surface area (Å²) in [6.07, 6.45) is 3.52. The molecule has 2 amide bonds. The molecular formula is C21H26N4O6. The number of aromatic nitrogens is 2. The smallest absolute Gasteiger partial charge is 0.290 e. The highest BCUT2D eigenvalue weighted by Crippen LogP contribution is 2.39. The molecule has 2 aliphatic rings. The highest BCUT2D eigenvalue weighted by Gasteiger charge is 2.47. The van der Waals surface area contributed by atoms with Crippen molar-refractivity contribution in [2.24, 2.45) is 0 Å². The van der Waals surface area contributed by atoms with Crippen molar-refractivity contribution in [3.05, 3.63) is 47.8 Å². The summed E-state index contributed by atoms with van der Waals surface area (Å²) in [4.78, 5) is 35.7. The number of H-pyrrole nitrogens is 1. The molecule has 166 valence electrons. The number of nitrogens with one attached hydrogen (secondary N) is 2. The van der Waals surface area contributed by atoms with E-state index in [1.165, 1.54) is 0 Å². The molecule has 3 N–H and O–H groups in total. The van der Waals surface area contributed by atoms with E-state index in [4.69, 9.17) is 19.4 Å². The predicted octanol–water partition coefficient (Wildman–Crippen LogP) is 0.909. The lowest BCUT2D eigenvalue weighted by atomic mass is 9.96. The Bertz CT molecular complexity index is 867. The minimum Gasteiger partial charge on any atom is -0.497 e. The summed E-state index contributed by atoms with van der Waals surface area (Å²) in [6, 6.07) is 9.09. The largest absolute Gasteiger partial charge is 0.497 e. The minimum absolute atomic E-state index is 0.0650. The molecule has 2 heterocycles.